The summed E-state index contributed by atoms with van der Waals surface area (Å²) in [5.74, 6) is 1.57. The van der Waals surface area contributed by atoms with Gasteiger partial charge in [-0.1, -0.05) is 17.7 Å². The Morgan fingerprint density at radius 1 is 1.25 bits per heavy atom. The normalized spacial score (nSPS) is 12.6. The van der Waals surface area contributed by atoms with Crippen LogP contribution in [-0.2, 0) is 11.2 Å². The molecule has 0 spiro atoms. The minimum Gasteiger partial charge on any atom is -0.495 e. The Bertz CT molecular complexity index is 776. The van der Waals surface area contributed by atoms with Gasteiger partial charge in [0, 0.05) is 0 Å². The summed E-state index contributed by atoms with van der Waals surface area (Å²) < 4.78 is 16.3. The fourth-order valence-electron chi connectivity index (χ4n) is 2.57. The number of anilines is 1. The first-order valence-electron chi connectivity index (χ1n) is 7.59. The van der Waals surface area contributed by atoms with Gasteiger partial charge in [0.1, 0.15) is 19.0 Å². The predicted octanol–water partition coefficient (Wildman–Crippen LogP) is 3.61. The fraction of sp³-hybridized carbons (Fsp3) is 0.278. The summed E-state index contributed by atoms with van der Waals surface area (Å²) >= 11 is 6.20. The Morgan fingerprint density at radius 3 is 2.83 bits per heavy atom. The van der Waals surface area contributed by atoms with Crippen LogP contribution in [0.1, 0.15) is 11.1 Å². The number of benzene rings is 2. The summed E-state index contributed by atoms with van der Waals surface area (Å²) in [4.78, 5) is 12.4. The van der Waals surface area contributed by atoms with Crippen LogP contribution < -0.4 is 19.5 Å². The molecule has 0 fully saturated rings. The molecule has 0 aromatic heterocycles. The van der Waals surface area contributed by atoms with Gasteiger partial charge in [0.15, 0.2) is 11.5 Å². The lowest BCUT2D eigenvalue weighted by atomic mass is 10.1. The highest BCUT2D eigenvalue weighted by atomic mass is 35.5. The number of halogens is 1. The molecule has 5 nitrogen and oxygen atoms in total. The molecule has 6 heteroatoms. The van der Waals surface area contributed by atoms with Gasteiger partial charge < -0.3 is 19.5 Å². The van der Waals surface area contributed by atoms with E-state index >= 15 is 0 Å². The van der Waals surface area contributed by atoms with Crippen molar-refractivity contribution >= 4 is 23.2 Å². The molecule has 0 unspecified atom stereocenters. The number of carbonyl (C=O) groups is 1. The number of aryl methyl sites for hydroxylation is 1. The molecule has 0 aliphatic carbocycles. The maximum Gasteiger partial charge on any atom is 0.228 e. The first-order chi connectivity index (χ1) is 11.6. The Balaban J connectivity index is 1.76. The van der Waals surface area contributed by atoms with Crippen molar-refractivity contribution in [1.82, 2.24) is 0 Å². The van der Waals surface area contributed by atoms with Crippen LogP contribution >= 0.6 is 11.6 Å². The predicted molar refractivity (Wildman–Crippen MR) is 92.5 cm³/mol. The lowest BCUT2D eigenvalue weighted by Gasteiger charge is -2.20. The smallest absolute Gasteiger partial charge is 0.228 e. The highest BCUT2D eigenvalue weighted by molar-refractivity contribution is 6.32. The SMILES string of the molecule is COc1ccc(C)cc1NC(=O)Cc1cc(Cl)c2c(c1)OCCO2. The van der Waals surface area contributed by atoms with Crippen LogP contribution in [0.2, 0.25) is 5.02 Å². The molecule has 24 heavy (non-hydrogen) atoms. The second-order valence-electron chi connectivity index (χ2n) is 5.53. The zero-order chi connectivity index (χ0) is 17.1. The molecule has 0 saturated carbocycles. The van der Waals surface area contributed by atoms with Gasteiger partial charge in [0.2, 0.25) is 5.91 Å². The first kappa shape index (κ1) is 16.5. The summed E-state index contributed by atoms with van der Waals surface area (Å²) in [6, 6.07) is 9.13. The number of ether oxygens (including phenoxy) is 3. The van der Waals surface area contributed by atoms with E-state index in [1.807, 2.05) is 25.1 Å². The third kappa shape index (κ3) is 3.57. The summed E-state index contributed by atoms with van der Waals surface area (Å²) in [6.07, 6.45) is 0.174. The lowest BCUT2D eigenvalue weighted by Crippen LogP contribution is -2.17. The monoisotopic (exact) mass is 347 g/mol. The van der Waals surface area contributed by atoms with E-state index in [1.54, 1.807) is 19.2 Å². The molecule has 2 aromatic rings. The van der Waals surface area contributed by atoms with Crippen LogP contribution in [0.25, 0.3) is 0 Å². The van der Waals surface area contributed by atoms with E-state index in [4.69, 9.17) is 25.8 Å². The number of hydrogen-bond donors (Lipinski definition) is 1. The number of hydrogen-bond acceptors (Lipinski definition) is 4. The molecule has 1 aliphatic heterocycles. The van der Waals surface area contributed by atoms with Crippen molar-refractivity contribution in [3.8, 4) is 17.2 Å². The number of methoxy groups -OCH3 is 1. The molecule has 0 atom stereocenters. The molecule has 0 bridgehead atoms. The molecule has 0 saturated heterocycles. The lowest BCUT2D eigenvalue weighted by molar-refractivity contribution is -0.115. The summed E-state index contributed by atoms with van der Waals surface area (Å²) in [7, 11) is 1.57. The van der Waals surface area contributed by atoms with Crippen molar-refractivity contribution in [2.45, 2.75) is 13.3 Å². The minimum absolute atomic E-state index is 0.161. The van der Waals surface area contributed by atoms with Crippen molar-refractivity contribution in [2.24, 2.45) is 0 Å². The second-order valence-corrected chi connectivity index (χ2v) is 5.94. The van der Waals surface area contributed by atoms with E-state index in [9.17, 15) is 4.79 Å². The molecule has 0 radical (unpaired) electrons. The molecule has 1 amide bonds. The van der Waals surface area contributed by atoms with E-state index in [0.717, 1.165) is 11.1 Å². The van der Waals surface area contributed by atoms with Crippen molar-refractivity contribution in [3.63, 3.8) is 0 Å². The quantitative estimate of drug-likeness (QED) is 0.918. The Labute approximate surface area is 145 Å². The molecule has 1 N–H and O–H groups in total. The van der Waals surface area contributed by atoms with Crippen LogP contribution in [0.15, 0.2) is 30.3 Å². The first-order valence-corrected chi connectivity index (χ1v) is 7.97. The Kier molecular flexibility index (Phi) is 4.81. The minimum atomic E-state index is -0.161. The summed E-state index contributed by atoms with van der Waals surface area (Å²) in [5, 5.41) is 3.32. The van der Waals surface area contributed by atoms with Crippen molar-refractivity contribution in [3.05, 3.63) is 46.5 Å². The Morgan fingerprint density at radius 2 is 2.04 bits per heavy atom. The zero-order valence-electron chi connectivity index (χ0n) is 13.5. The fourth-order valence-corrected chi connectivity index (χ4v) is 2.85. The van der Waals surface area contributed by atoms with Crippen molar-refractivity contribution in [1.29, 1.82) is 0 Å². The number of nitrogens with one attached hydrogen (secondary N) is 1. The van der Waals surface area contributed by atoms with Crippen LogP contribution in [0.3, 0.4) is 0 Å². The van der Waals surface area contributed by atoms with Gasteiger partial charge in [0.05, 0.1) is 24.2 Å². The number of carbonyl (C=O) groups excluding carboxylic acids is 1. The highest BCUT2D eigenvalue weighted by Crippen LogP contribution is 2.38. The summed E-state index contributed by atoms with van der Waals surface area (Å²) in [5.41, 5.74) is 2.44. The van der Waals surface area contributed by atoms with Crippen LogP contribution in [-0.4, -0.2) is 26.2 Å². The van der Waals surface area contributed by atoms with E-state index in [1.165, 1.54) is 0 Å². The molecule has 3 rings (SSSR count). The van der Waals surface area contributed by atoms with Gasteiger partial charge >= 0.3 is 0 Å². The standard InChI is InChI=1S/C18H18ClNO4/c1-11-3-4-15(22-2)14(7-11)20-17(21)10-12-8-13(19)18-16(9-12)23-5-6-24-18/h3-4,7-9H,5-6,10H2,1-2H3,(H,20,21). The average molecular weight is 348 g/mol. The van der Waals surface area contributed by atoms with Gasteiger partial charge in [-0.25, -0.2) is 0 Å². The van der Waals surface area contributed by atoms with Gasteiger partial charge in [-0.3, -0.25) is 4.79 Å². The molecular formula is C18H18ClNO4. The number of rotatable bonds is 4. The molecule has 126 valence electrons. The third-order valence-corrected chi connectivity index (χ3v) is 3.93. The molecular weight excluding hydrogens is 330 g/mol. The zero-order valence-corrected chi connectivity index (χ0v) is 14.3. The van der Waals surface area contributed by atoms with Crippen LogP contribution in [0.5, 0.6) is 17.2 Å². The topological polar surface area (TPSA) is 56.8 Å². The van der Waals surface area contributed by atoms with Crippen molar-refractivity contribution in [2.75, 3.05) is 25.6 Å². The van der Waals surface area contributed by atoms with E-state index < -0.39 is 0 Å². The Hall–Kier alpha value is -2.40. The van der Waals surface area contributed by atoms with Gasteiger partial charge in [-0.15, -0.1) is 0 Å². The highest BCUT2D eigenvalue weighted by Gasteiger charge is 2.18. The number of fused-ring (bicyclic) bond motifs is 1. The van der Waals surface area contributed by atoms with Gasteiger partial charge in [-0.05, 0) is 42.3 Å². The third-order valence-electron chi connectivity index (χ3n) is 3.65. The largest absolute Gasteiger partial charge is 0.495 e. The second kappa shape index (κ2) is 7.01. The van der Waals surface area contributed by atoms with Crippen molar-refractivity contribution < 1.29 is 19.0 Å². The van der Waals surface area contributed by atoms with E-state index in [0.29, 0.717) is 41.2 Å². The maximum atomic E-state index is 12.4. The number of amides is 1. The van der Waals surface area contributed by atoms with Gasteiger partial charge in [0.25, 0.3) is 0 Å². The van der Waals surface area contributed by atoms with Gasteiger partial charge in [-0.2, -0.15) is 0 Å². The maximum absolute atomic E-state index is 12.4. The van der Waals surface area contributed by atoms with Crippen LogP contribution in [0, 0.1) is 6.92 Å². The summed E-state index contributed by atoms with van der Waals surface area (Å²) in [6.45, 7) is 2.90. The average Bonchev–Trinajstić information content (AvgIpc) is 2.55. The van der Waals surface area contributed by atoms with Crippen LogP contribution in [0.4, 0.5) is 5.69 Å². The van der Waals surface area contributed by atoms with E-state index in [2.05, 4.69) is 5.32 Å². The molecule has 1 heterocycles. The molecule has 1 aliphatic rings. The molecule has 2 aromatic carbocycles. The van der Waals surface area contributed by atoms with E-state index in [-0.39, 0.29) is 12.3 Å².